The summed E-state index contributed by atoms with van der Waals surface area (Å²) in [7, 11) is 0. The first-order valence-corrected chi connectivity index (χ1v) is 5.04. The van der Waals surface area contributed by atoms with Crippen LogP contribution in [0.25, 0.3) is 0 Å². The van der Waals surface area contributed by atoms with Crippen LogP contribution in [0.15, 0.2) is 0 Å². The van der Waals surface area contributed by atoms with Gasteiger partial charge in [-0.2, -0.15) is 22.0 Å². The van der Waals surface area contributed by atoms with Gasteiger partial charge in [0.05, 0.1) is 5.92 Å². The number of aliphatic carboxylic acids is 1. The lowest BCUT2D eigenvalue weighted by Crippen LogP contribution is -2.55. The number of carboxylic acids is 1. The molecule has 1 heterocycles. The molecule has 0 aromatic heterocycles. The van der Waals surface area contributed by atoms with Crippen molar-refractivity contribution in [1.29, 1.82) is 0 Å². The van der Waals surface area contributed by atoms with Gasteiger partial charge in [-0.1, -0.05) is 0 Å². The molecule has 18 heavy (non-hydrogen) atoms. The molecule has 9 heteroatoms. The molecule has 0 spiro atoms. The molecule has 1 fully saturated rings. The van der Waals surface area contributed by atoms with Crippen LogP contribution < -0.4 is 0 Å². The number of carbonyl (C=O) groups excluding carboxylic acids is 1. The highest BCUT2D eigenvalue weighted by atomic mass is 19.4. The van der Waals surface area contributed by atoms with E-state index >= 15 is 0 Å². The van der Waals surface area contributed by atoms with Crippen molar-refractivity contribution in [3.63, 3.8) is 0 Å². The zero-order valence-corrected chi connectivity index (χ0v) is 9.01. The number of halogens is 5. The van der Waals surface area contributed by atoms with Crippen molar-refractivity contribution in [2.24, 2.45) is 5.92 Å². The van der Waals surface area contributed by atoms with Gasteiger partial charge in [0.1, 0.15) is 0 Å². The summed E-state index contributed by atoms with van der Waals surface area (Å²) in [5.41, 5.74) is 0. The van der Waals surface area contributed by atoms with E-state index in [0.29, 0.717) is 0 Å². The first-order valence-electron chi connectivity index (χ1n) is 5.04. The molecule has 1 N–H and O–H groups in total. The number of hydrogen-bond acceptors (Lipinski definition) is 2. The molecule has 0 unspecified atom stereocenters. The quantitative estimate of drug-likeness (QED) is 0.777. The summed E-state index contributed by atoms with van der Waals surface area (Å²) < 4.78 is 61.5. The fourth-order valence-corrected chi connectivity index (χ4v) is 1.68. The number of likely N-dealkylation sites (tertiary alicyclic amines) is 1. The SMILES string of the molecule is O=C(O)[C@H]1CCCN(C(=O)C(F)(F)C(F)(F)F)C1. The van der Waals surface area contributed by atoms with Gasteiger partial charge in [0.25, 0.3) is 0 Å². The van der Waals surface area contributed by atoms with Crippen LogP contribution in [0.4, 0.5) is 22.0 Å². The Morgan fingerprint density at radius 1 is 1.17 bits per heavy atom. The summed E-state index contributed by atoms with van der Waals surface area (Å²) in [6.07, 6.45) is -5.74. The van der Waals surface area contributed by atoms with E-state index in [0.717, 1.165) is 0 Å². The minimum Gasteiger partial charge on any atom is -0.481 e. The minimum atomic E-state index is -5.97. The predicted octanol–water partition coefficient (Wildman–Crippen LogP) is 1.51. The Kier molecular flexibility index (Phi) is 3.82. The van der Waals surface area contributed by atoms with Crippen LogP contribution in [0.2, 0.25) is 0 Å². The number of nitrogens with zero attached hydrogens (tertiary/aromatic N) is 1. The van der Waals surface area contributed by atoms with Crippen LogP contribution in [-0.4, -0.2) is 47.1 Å². The lowest BCUT2D eigenvalue weighted by Gasteiger charge is -2.33. The molecule has 1 amide bonds. The molecule has 1 saturated heterocycles. The lowest BCUT2D eigenvalue weighted by molar-refractivity contribution is -0.274. The van der Waals surface area contributed by atoms with Crippen LogP contribution >= 0.6 is 0 Å². The molecular formula is C9H10F5NO3. The third-order valence-corrected chi connectivity index (χ3v) is 2.68. The van der Waals surface area contributed by atoms with E-state index in [4.69, 9.17) is 5.11 Å². The highest BCUT2D eigenvalue weighted by molar-refractivity contribution is 5.85. The Bertz CT molecular complexity index is 355. The Labute approximate surface area is 98.4 Å². The van der Waals surface area contributed by atoms with Crippen LogP contribution in [0.5, 0.6) is 0 Å². The second-order valence-electron chi connectivity index (χ2n) is 4.00. The van der Waals surface area contributed by atoms with E-state index in [-0.39, 0.29) is 24.3 Å². The standard InChI is InChI=1S/C9H10F5NO3/c10-8(11,9(12,13)14)7(18)15-3-1-2-5(4-15)6(16)17/h5H,1-4H2,(H,16,17)/t5-/m0/s1. The van der Waals surface area contributed by atoms with Crippen LogP contribution in [0, 0.1) is 5.92 Å². The number of carboxylic acid groups (broad SMARTS) is 1. The van der Waals surface area contributed by atoms with Gasteiger partial charge in [-0.15, -0.1) is 0 Å². The van der Waals surface area contributed by atoms with Gasteiger partial charge < -0.3 is 10.0 Å². The molecule has 4 nitrogen and oxygen atoms in total. The van der Waals surface area contributed by atoms with Crippen molar-refractivity contribution < 1.29 is 36.6 Å². The van der Waals surface area contributed by atoms with E-state index in [2.05, 4.69) is 0 Å². The summed E-state index contributed by atoms with van der Waals surface area (Å²) in [6.45, 7) is -0.923. The topological polar surface area (TPSA) is 57.6 Å². The summed E-state index contributed by atoms with van der Waals surface area (Å²) in [5.74, 6) is -10.3. The van der Waals surface area contributed by atoms with E-state index in [1.807, 2.05) is 0 Å². The van der Waals surface area contributed by atoms with Crippen molar-refractivity contribution in [2.45, 2.75) is 24.9 Å². The zero-order chi connectivity index (χ0) is 14.1. The van der Waals surface area contributed by atoms with Crippen molar-refractivity contribution in [1.82, 2.24) is 4.90 Å². The highest BCUT2D eigenvalue weighted by Crippen LogP contribution is 2.37. The van der Waals surface area contributed by atoms with Gasteiger partial charge in [0.2, 0.25) is 0 Å². The number of hydrogen-bond donors (Lipinski definition) is 1. The highest BCUT2D eigenvalue weighted by Gasteiger charge is 2.64. The Morgan fingerprint density at radius 2 is 1.72 bits per heavy atom. The van der Waals surface area contributed by atoms with Crippen molar-refractivity contribution >= 4 is 11.9 Å². The van der Waals surface area contributed by atoms with E-state index in [9.17, 15) is 31.5 Å². The Balaban J connectivity index is 2.82. The van der Waals surface area contributed by atoms with Gasteiger partial charge in [0, 0.05) is 13.1 Å². The molecule has 0 aromatic rings. The molecule has 104 valence electrons. The largest absolute Gasteiger partial charge is 0.481 e. The summed E-state index contributed by atoms with van der Waals surface area (Å²) in [5, 5.41) is 8.65. The number of amides is 1. The van der Waals surface area contributed by atoms with Crippen LogP contribution in [-0.2, 0) is 9.59 Å². The average molecular weight is 275 g/mol. The van der Waals surface area contributed by atoms with Crippen molar-refractivity contribution in [3.8, 4) is 0 Å². The molecule has 1 aliphatic heterocycles. The predicted molar refractivity (Wildman–Crippen MR) is 47.9 cm³/mol. The van der Waals surface area contributed by atoms with Crippen LogP contribution in [0.3, 0.4) is 0 Å². The van der Waals surface area contributed by atoms with Gasteiger partial charge >= 0.3 is 24.0 Å². The third-order valence-electron chi connectivity index (χ3n) is 2.68. The van der Waals surface area contributed by atoms with E-state index in [1.165, 1.54) is 0 Å². The first-order chi connectivity index (χ1) is 8.07. The van der Waals surface area contributed by atoms with Crippen molar-refractivity contribution in [2.75, 3.05) is 13.1 Å². The molecule has 0 bridgehead atoms. The van der Waals surface area contributed by atoms with Gasteiger partial charge in [-0.3, -0.25) is 9.59 Å². The molecular weight excluding hydrogens is 265 g/mol. The fraction of sp³-hybridized carbons (Fsp3) is 0.778. The molecule has 1 aliphatic rings. The molecule has 0 radical (unpaired) electrons. The normalized spacial score (nSPS) is 21.8. The summed E-state index contributed by atoms with van der Waals surface area (Å²) in [4.78, 5) is 22.0. The molecule has 1 rings (SSSR count). The second kappa shape index (κ2) is 4.69. The van der Waals surface area contributed by atoms with Gasteiger partial charge in [0.15, 0.2) is 0 Å². The lowest BCUT2D eigenvalue weighted by atomic mass is 9.98. The zero-order valence-electron chi connectivity index (χ0n) is 9.01. The molecule has 1 atom stereocenters. The first kappa shape index (κ1) is 14.7. The number of piperidine rings is 1. The van der Waals surface area contributed by atoms with Crippen LogP contribution in [0.1, 0.15) is 12.8 Å². The molecule has 0 saturated carbocycles. The van der Waals surface area contributed by atoms with Crippen molar-refractivity contribution in [3.05, 3.63) is 0 Å². The monoisotopic (exact) mass is 275 g/mol. The molecule has 0 aliphatic carbocycles. The maximum atomic E-state index is 12.8. The van der Waals surface area contributed by atoms with Gasteiger partial charge in [-0.25, -0.2) is 0 Å². The summed E-state index contributed by atoms with van der Waals surface area (Å²) in [6, 6.07) is 0. The molecule has 0 aromatic carbocycles. The third kappa shape index (κ3) is 2.70. The number of rotatable bonds is 2. The van der Waals surface area contributed by atoms with E-state index < -0.39 is 36.4 Å². The maximum absolute atomic E-state index is 12.8. The Hall–Kier alpha value is -1.41. The van der Waals surface area contributed by atoms with E-state index in [1.54, 1.807) is 0 Å². The second-order valence-corrected chi connectivity index (χ2v) is 4.00. The average Bonchev–Trinajstić information content (AvgIpc) is 2.26. The number of alkyl halides is 5. The Morgan fingerprint density at radius 3 is 2.17 bits per heavy atom. The minimum absolute atomic E-state index is 0.0800. The number of carbonyl (C=O) groups is 2. The van der Waals surface area contributed by atoms with Gasteiger partial charge in [-0.05, 0) is 12.8 Å². The smallest absolute Gasteiger partial charge is 0.463 e. The summed E-state index contributed by atoms with van der Waals surface area (Å²) >= 11 is 0. The fourth-order valence-electron chi connectivity index (χ4n) is 1.68. The maximum Gasteiger partial charge on any atom is 0.463 e.